The van der Waals surface area contributed by atoms with Crippen LogP contribution in [0, 0.1) is 5.41 Å². The number of amides is 1. The Balaban J connectivity index is 2.84. The van der Waals surface area contributed by atoms with Crippen LogP contribution >= 0.6 is 11.6 Å². The van der Waals surface area contributed by atoms with Crippen LogP contribution in [0.5, 0.6) is 0 Å². The molecule has 0 atom stereocenters. The summed E-state index contributed by atoms with van der Waals surface area (Å²) >= 11 is 5.79. The van der Waals surface area contributed by atoms with Crippen LogP contribution < -0.4 is 5.32 Å². The lowest BCUT2D eigenvalue weighted by atomic mass is 9.90. The summed E-state index contributed by atoms with van der Waals surface area (Å²) in [4.78, 5) is 16.1. The van der Waals surface area contributed by atoms with Gasteiger partial charge >= 0.3 is 0 Å². The number of aromatic nitrogens is 1. The number of carbonyl (C=O) groups excluding carboxylic acids is 1. The van der Waals surface area contributed by atoms with E-state index in [4.69, 9.17) is 11.6 Å². The second-order valence-corrected chi connectivity index (χ2v) is 5.61. The highest BCUT2D eigenvalue weighted by Crippen LogP contribution is 2.23. The largest absolute Gasteiger partial charge is 0.347 e. The van der Waals surface area contributed by atoms with Crippen molar-refractivity contribution >= 4 is 17.5 Å². The fraction of sp³-hybridized carbons (Fsp3) is 0.538. The molecule has 94 valence electrons. The maximum Gasteiger partial charge on any atom is 0.227 e. The average molecular weight is 255 g/mol. The summed E-state index contributed by atoms with van der Waals surface area (Å²) in [5.74, 6) is 0.239. The number of alkyl halides is 1. The monoisotopic (exact) mass is 254 g/mol. The summed E-state index contributed by atoms with van der Waals surface area (Å²) in [6.07, 6.45) is 3.47. The van der Waals surface area contributed by atoms with Gasteiger partial charge < -0.3 is 5.32 Å². The highest BCUT2D eigenvalue weighted by atomic mass is 35.5. The van der Waals surface area contributed by atoms with Crippen LogP contribution in [-0.2, 0) is 10.3 Å². The minimum Gasteiger partial charge on any atom is -0.347 e. The molecule has 1 aromatic rings. The summed E-state index contributed by atoms with van der Waals surface area (Å²) in [6.45, 7) is 7.56. The molecule has 0 radical (unpaired) electrons. The molecule has 0 aliphatic rings. The second kappa shape index (κ2) is 5.05. The lowest BCUT2D eigenvalue weighted by Gasteiger charge is -2.31. The van der Waals surface area contributed by atoms with E-state index in [9.17, 15) is 4.79 Å². The molecule has 0 saturated carbocycles. The van der Waals surface area contributed by atoms with Gasteiger partial charge in [-0.15, -0.1) is 11.6 Å². The van der Waals surface area contributed by atoms with Crippen LogP contribution in [0.4, 0.5) is 0 Å². The SMILES string of the molecule is CC(C)(CCl)C(=O)NC(C)(C)c1cccnc1. The van der Waals surface area contributed by atoms with E-state index in [1.807, 2.05) is 39.8 Å². The van der Waals surface area contributed by atoms with Crippen molar-refractivity contribution in [1.29, 1.82) is 0 Å². The first-order valence-corrected chi connectivity index (χ1v) is 6.12. The van der Waals surface area contributed by atoms with E-state index >= 15 is 0 Å². The first-order chi connectivity index (χ1) is 7.79. The van der Waals surface area contributed by atoms with Crippen molar-refractivity contribution in [2.75, 3.05) is 5.88 Å². The highest BCUT2D eigenvalue weighted by Gasteiger charge is 2.32. The van der Waals surface area contributed by atoms with E-state index in [2.05, 4.69) is 10.3 Å². The van der Waals surface area contributed by atoms with Crippen LogP contribution in [0.2, 0.25) is 0 Å². The van der Waals surface area contributed by atoms with Gasteiger partial charge in [0, 0.05) is 18.3 Å². The van der Waals surface area contributed by atoms with Gasteiger partial charge in [-0.25, -0.2) is 0 Å². The van der Waals surface area contributed by atoms with Crippen LogP contribution in [-0.4, -0.2) is 16.8 Å². The van der Waals surface area contributed by atoms with E-state index in [0.29, 0.717) is 5.88 Å². The lowest BCUT2D eigenvalue weighted by molar-refractivity contribution is -0.130. The van der Waals surface area contributed by atoms with Crippen molar-refractivity contribution < 1.29 is 4.79 Å². The smallest absolute Gasteiger partial charge is 0.227 e. The van der Waals surface area contributed by atoms with E-state index < -0.39 is 11.0 Å². The minimum absolute atomic E-state index is 0.0543. The van der Waals surface area contributed by atoms with Crippen molar-refractivity contribution in [2.24, 2.45) is 5.41 Å². The Morgan fingerprint density at radius 2 is 2.06 bits per heavy atom. The summed E-state index contributed by atoms with van der Waals surface area (Å²) in [7, 11) is 0. The zero-order chi connectivity index (χ0) is 13.1. The van der Waals surface area contributed by atoms with Gasteiger partial charge in [0.2, 0.25) is 5.91 Å². The molecule has 1 aromatic heterocycles. The summed E-state index contributed by atoms with van der Waals surface area (Å²) in [5, 5.41) is 3.00. The van der Waals surface area contributed by atoms with Gasteiger partial charge in [0.15, 0.2) is 0 Å². The van der Waals surface area contributed by atoms with E-state index in [-0.39, 0.29) is 5.91 Å². The first-order valence-electron chi connectivity index (χ1n) is 5.59. The van der Waals surface area contributed by atoms with Crippen molar-refractivity contribution in [3.05, 3.63) is 30.1 Å². The molecule has 1 N–H and O–H groups in total. The van der Waals surface area contributed by atoms with Crippen LogP contribution in [0.25, 0.3) is 0 Å². The molecule has 0 fully saturated rings. The maximum absolute atomic E-state index is 12.1. The molecule has 1 amide bonds. The third kappa shape index (κ3) is 3.43. The van der Waals surface area contributed by atoms with E-state index in [1.165, 1.54) is 0 Å². The summed E-state index contributed by atoms with van der Waals surface area (Å²) < 4.78 is 0. The molecule has 4 heteroatoms. The number of halogens is 1. The second-order valence-electron chi connectivity index (χ2n) is 5.34. The van der Waals surface area contributed by atoms with Crippen molar-refractivity contribution in [2.45, 2.75) is 33.2 Å². The molecule has 0 aliphatic carbocycles. The Kier molecular flexibility index (Phi) is 4.15. The number of pyridine rings is 1. The average Bonchev–Trinajstić information content (AvgIpc) is 2.29. The van der Waals surface area contributed by atoms with Gasteiger partial charge in [-0.1, -0.05) is 6.07 Å². The minimum atomic E-state index is -0.568. The van der Waals surface area contributed by atoms with Gasteiger partial charge in [0.05, 0.1) is 11.0 Å². The van der Waals surface area contributed by atoms with Gasteiger partial charge in [-0.3, -0.25) is 9.78 Å². The Labute approximate surface area is 108 Å². The number of nitrogens with one attached hydrogen (secondary N) is 1. The predicted molar refractivity (Wildman–Crippen MR) is 69.9 cm³/mol. The first kappa shape index (κ1) is 14.0. The van der Waals surface area contributed by atoms with Crippen LogP contribution in [0.15, 0.2) is 24.5 Å². The topological polar surface area (TPSA) is 42.0 Å². The van der Waals surface area contributed by atoms with E-state index in [1.54, 1.807) is 12.4 Å². The third-order valence-electron chi connectivity index (χ3n) is 2.76. The Hall–Kier alpha value is -1.09. The number of hydrogen-bond donors (Lipinski definition) is 1. The molecule has 0 unspecified atom stereocenters. The fourth-order valence-electron chi connectivity index (χ4n) is 1.32. The summed E-state index contributed by atoms with van der Waals surface area (Å²) in [6, 6.07) is 3.80. The maximum atomic E-state index is 12.1. The standard InChI is InChI=1S/C13H19ClN2O/c1-12(2,9-14)11(17)16-13(3,4)10-6-5-7-15-8-10/h5-8H,9H2,1-4H3,(H,16,17). The normalized spacial score (nSPS) is 12.3. The van der Waals surface area contributed by atoms with Gasteiger partial charge in [0.25, 0.3) is 0 Å². The fourth-order valence-corrected chi connectivity index (χ4v) is 1.44. The molecule has 3 nitrogen and oxygen atoms in total. The zero-order valence-electron chi connectivity index (χ0n) is 10.7. The van der Waals surface area contributed by atoms with Gasteiger partial charge in [-0.05, 0) is 39.3 Å². The predicted octanol–water partition coefficient (Wildman–Crippen LogP) is 2.70. The van der Waals surface area contributed by atoms with E-state index in [0.717, 1.165) is 5.56 Å². The van der Waals surface area contributed by atoms with Crippen molar-refractivity contribution in [3.63, 3.8) is 0 Å². The summed E-state index contributed by atoms with van der Waals surface area (Å²) in [5.41, 5.74) is -0.0471. The van der Waals surface area contributed by atoms with Gasteiger partial charge in [-0.2, -0.15) is 0 Å². The Morgan fingerprint density at radius 1 is 1.41 bits per heavy atom. The molecular weight excluding hydrogens is 236 g/mol. The number of nitrogens with zero attached hydrogens (tertiary/aromatic N) is 1. The van der Waals surface area contributed by atoms with Crippen molar-refractivity contribution in [1.82, 2.24) is 10.3 Å². The molecule has 0 spiro atoms. The van der Waals surface area contributed by atoms with Gasteiger partial charge in [0.1, 0.15) is 0 Å². The molecule has 0 saturated heterocycles. The Morgan fingerprint density at radius 3 is 2.53 bits per heavy atom. The van der Waals surface area contributed by atoms with Crippen LogP contribution in [0.1, 0.15) is 33.3 Å². The molecular formula is C13H19ClN2O. The molecule has 0 bridgehead atoms. The lowest BCUT2D eigenvalue weighted by Crippen LogP contribution is -2.47. The number of hydrogen-bond acceptors (Lipinski definition) is 2. The number of rotatable bonds is 4. The molecule has 17 heavy (non-hydrogen) atoms. The zero-order valence-corrected chi connectivity index (χ0v) is 11.5. The van der Waals surface area contributed by atoms with Crippen molar-refractivity contribution in [3.8, 4) is 0 Å². The highest BCUT2D eigenvalue weighted by molar-refractivity contribution is 6.19. The molecule has 1 heterocycles. The molecule has 1 rings (SSSR count). The quantitative estimate of drug-likeness (QED) is 0.840. The molecule has 0 aliphatic heterocycles. The Bertz CT molecular complexity index is 388. The molecule has 0 aromatic carbocycles. The number of carbonyl (C=O) groups is 1. The third-order valence-corrected chi connectivity index (χ3v) is 3.43. The van der Waals surface area contributed by atoms with Crippen LogP contribution in [0.3, 0.4) is 0 Å².